The van der Waals surface area contributed by atoms with Gasteiger partial charge in [0, 0.05) is 33.2 Å². The number of aromatic nitrogens is 4. The van der Waals surface area contributed by atoms with Gasteiger partial charge in [-0.3, -0.25) is 0 Å². The van der Waals surface area contributed by atoms with Crippen LogP contribution in [0.3, 0.4) is 0 Å². The highest BCUT2D eigenvalue weighted by atomic mass is 14.9. The Bertz CT molecular complexity index is 3750. The molecule has 0 unspecified atom stereocenters. The van der Waals surface area contributed by atoms with E-state index in [2.05, 4.69) is 140 Å². The van der Waals surface area contributed by atoms with Crippen LogP contribution in [-0.4, -0.2) is 19.9 Å². The van der Waals surface area contributed by atoms with Gasteiger partial charge in [0.2, 0.25) is 0 Å². The normalized spacial score (nSPS) is 10.9. The van der Waals surface area contributed by atoms with Crippen molar-refractivity contribution < 1.29 is 0 Å². The molecule has 0 amide bonds. The fourth-order valence-corrected chi connectivity index (χ4v) is 8.79. The number of rotatable bonds is 9. The summed E-state index contributed by atoms with van der Waals surface area (Å²) in [5, 5.41) is 19.7. The van der Waals surface area contributed by atoms with Crippen molar-refractivity contribution in [3.8, 4) is 113 Å². The molecule has 6 heteroatoms. The molecule has 0 aliphatic rings. The summed E-state index contributed by atoms with van der Waals surface area (Å²) in [6.07, 6.45) is 0. The number of nitrogens with zero attached hydrogens (tertiary/aromatic N) is 6. The van der Waals surface area contributed by atoms with Crippen LogP contribution in [0.5, 0.6) is 0 Å². The molecule has 2 heterocycles. The van der Waals surface area contributed by atoms with Crippen molar-refractivity contribution in [2.45, 2.75) is 0 Å². The van der Waals surface area contributed by atoms with Gasteiger partial charge in [-0.1, -0.05) is 176 Å². The fraction of sp³-hybridized carbons (Fsp3) is 0. The number of fused-ring (bicyclic) bond motifs is 1. The molecule has 2 aromatic heterocycles. The van der Waals surface area contributed by atoms with E-state index < -0.39 is 0 Å². The van der Waals surface area contributed by atoms with Crippen molar-refractivity contribution in [1.29, 1.82) is 10.5 Å². The van der Waals surface area contributed by atoms with Gasteiger partial charge >= 0.3 is 0 Å². The maximum atomic E-state index is 9.39. The van der Waals surface area contributed by atoms with Crippen molar-refractivity contribution in [3.63, 3.8) is 0 Å². The molecule has 0 aliphatic carbocycles. The summed E-state index contributed by atoms with van der Waals surface area (Å²) >= 11 is 0. The summed E-state index contributed by atoms with van der Waals surface area (Å²) < 4.78 is 0. The molecule has 68 heavy (non-hydrogen) atoms. The van der Waals surface area contributed by atoms with Gasteiger partial charge in [-0.05, 0) is 99.1 Å². The largest absolute Gasteiger partial charge is 0.228 e. The summed E-state index contributed by atoms with van der Waals surface area (Å²) in [4.78, 5) is 20.8. The second kappa shape index (κ2) is 18.1. The molecule has 9 aromatic carbocycles. The predicted molar refractivity (Wildman–Crippen MR) is 273 cm³/mol. The van der Waals surface area contributed by atoms with E-state index in [-0.39, 0.29) is 0 Å². The van der Waals surface area contributed by atoms with E-state index in [1.54, 1.807) is 0 Å². The zero-order valence-corrected chi connectivity index (χ0v) is 36.6. The highest BCUT2D eigenvalue weighted by Crippen LogP contribution is 2.41. The van der Waals surface area contributed by atoms with Gasteiger partial charge in [0.1, 0.15) is 0 Å². The lowest BCUT2D eigenvalue weighted by molar-refractivity contribution is 1.18. The van der Waals surface area contributed by atoms with Gasteiger partial charge in [-0.15, -0.1) is 0 Å². The topological polar surface area (TPSA) is 99.1 Å². The second-order valence-corrected chi connectivity index (χ2v) is 16.5. The van der Waals surface area contributed by atoms with Crippen LogP contribution in [0.1, 0.15) is 11.1 Å². The first kappa shape index (κ1) is 41.1. The van der Waals surface area contributed by atoms with Crippen LogP contribution in [-0.2, 0) is 0 Å². The van der Waals surface area contributed by atoms with E-state index in [1.165, 1.54) is 0 Å². The first-order valence-corrected chi connectivity index (χ1v) is 22.3. The molecule has 0 atom stereocenters. The SMILES string of the molecule is N#Cc1ccc(-c2cccc(-c3cc(-c4ccccc4-c4ccccc4-c4cccc(-c5nc(-c6cccc(-c7ccc(C#N)cc7)c6)c6ccccc6n5)c4)nc(-c4ccccc4)n3)c2)cc1. The Kier molecular flexibility index (Phi) is 10.9. The van der Waals surface area contributed by atoms with Gasteiger partial charge in [-0.25, -0.2) is 19.9 Å². The summed E-state index contributed by atoms with van der Waals surface area (Å²) in [6.45, 7) is 0. The van der Waals surface area contributed by atoms with Crippen LogP contribution < -0.4 is 0 Å². The quantitative estimate of drug-likeness (QED) is 0.143. The zero-order chi connectivity index (χ0) is 45.8. The minimum Gasteiger partial charge on any atom is -0.228 e. The standard InChI is InChI=1S/C62H38N6/c63-39-41-27-31-43(32-28-41)46-15-10-18-49(35-46)58-38-59(67-61(66-58)45-13-2-1-3-14-45)55-24-7-6-23-54(55)53-22-5-4-21-52(53)48-17-12-20-51(37-48)62-65-57-26-9-8-25-56(57)60(68-62)50-19-11-16-47(36-50)44-33-29-42(40-64)30-34-44/h1-38H. The van der Waals surface area contributed by atoms with Crippen molar-refractivity contribution >= 4 is 10.9 Å². The van der Waals surface area contributed by atoms with E-state index in [4.69, 9.17) is 19.9 Å². The molecule has 0 fully saturated rings. The monoisotopic (exact) mass is 866 g/mol. The van der Waals surface area contributed by atoms with E-state index in [0.29, 0.717) is 22.8 Å². The maximum Gasteiger partial charge on any atom is 0.160 e. The minimum atomic E-state index is 0.624. The third-order valence-electron chi connectivity index (χ3n) is 12.2. The predicted octanol–water partition coefficient (Wildman–Crippen LogP) is 15.2. The first-order valence-electron chi connectivity index (χ1n) is 22.3. The molecule has 316 valence electrons. The highest BCUT2D eigenvalue weighted by Gasteiger charge is 2.18. The molecule has 0 N–H and O–H groups in total. The Morgan fingerprint density at radius 3 is 1.43 bits per heavy atom. The van der Waals surface area contributed by atoms with Gasteiger partial charge < -0.3 is 0 Å². The Morgan fingerprint density at radius 2 is 0.750 bits per heavy atom. The molecule has 0 radical (unpaired) electrons. The average Bonchev–Trinajstić information content (AvgIpc) is 3.43. The van der Waals surface area contributed by atoms with Gasteiger partial charge in [-0.2, -0.15) is 10.5 Å². The van der Waals surface area contributed by atoms with Crippen molar-refractivity contribution in [3.05, 3.63) is 242 Å². The van der Waals surface area contributed by atoms with Crippen LogP contribution in [0.4, 0.5) is 0 Å². The molecule has 0 spiro atoms. The number of hydrogen-bond acceptors (Lipinski definition) is 6. The van der Waals surface area contributed by atoms with E-state index >= 15 is 0 Å². The lowest BCUT2D eigenvalue weighted by Gasteiger charge is -2.16. The fourth-order valence-electron chi connectivity index (χ4n) is 8.79. The Labute approximate surface area is 394 Å². The third kappa shape index (κ3) is 8.18. The Morgan fingerprint density at radius 1 is 0.279 bits per heavy atom. The van der Waals surface area contributed by atoms with Crippen LogP contribution in [0.2, 0.25) is 0 Å². The number of hydrogen-bond donors (Lipinski definition) is 0. The van der Waals surface area contributed by atoms with Gasteiger partial charge in [0.05, 0.1) is 45.9 Å². The minimum absolute atomic E-state index is 0.624. The first-order chi connectivity index (χ1) is 33.6. The molecule has 0 aliphatic heterocycles. The molecule has 0 saturated carbocycles. The lowest BCUT2D eigenvalue weighted by atomic mass is 9.90. The van der Waals surface area contributed by atoms with Crippen molar-refractivity contribution in [2.24, 2.45) is 0 Å². The van der Waals surface area contributed by atoms with E-state index in [9.17, 15) is 10.5 Å². The van der Waals surface area contributed by atoms with Crippen LogP contribution in [0.15, 0.2) is 231 Å². The molecule has 11 aromatic rings. The third-order valence-corrected chi connectivity index (χ3v) is 12.2. The molecule has 11 rings (SSSR count). The number of nitriles is 2. The molecular weight excluding hydrogens is 829 g/mol. The maximum absolute atomic E-state index is 9.39. The summed E-state index contributed by atoms with van der Waals surface area (Å²) in [5.41, 5.74) is 17.6. The number of benzene rings is 9. The number of para-hydroxylation sites is 1. The highest BCUT2D eigenvalue weighted by molar-refractivity contribution is 5.96. The van der Waals surface area contributed by atoms with Gasteiger partial charge in [0.25, 0.3) is 0 Å². The second-order valence-electron chi connectivity index (χ2n) is 16.5. The van der Waals surface area contributed by atoms with Crippen LogP contribution in [0.25, 0.3) is 112 Å². The van der Waals surface area contributed by atoms with Crippen molar-refractivity contribution in [1.82, 2.24) is 19.9 Å². The Hall–Kier alpha value is -9.62. The van der Waals surface area contributed by atoms with Gasteiger partial charge in [0.15, 0.2) is 11.6 Å². The molecule has 0 saturated heterocycles. The Balaban J connectivity index is 0.999. The van der Waals surface area contributed by atoms with Crippen molar-refractivity contribution in [2.75, 3.05) is 0 Å². The molecular formula is C62H38N6. The average molecular weight is 867 g/mol. The zero-order valence-electron chi connectivity index (χ0n) is 36.6. The summed E-state index contributed by atoms with van der Waals surface area (Å²) in [5.74, 6) is 1.26. The molecule has 0 bridgehead atoms. The smallest absolute Gasteiger partial charge is 0.160 e. The van der Waals surface area contributed by atoms with E-state index in [0.717, 1.165) is 100 Å². The van der Waals surface area contributed by atoms with Crippen LogP contribution in [0, 0.1) is 22.7 Å². The molecule has 6 nitrogen and oxygen atoms in total. The lowest BCUT2D eigenvalue weighted by Crippen LogP contribution is -1.98. The summed E-state index contributed by atoms with van der Waals surface area (Å²) in [6, 6.07) is 82.2. The van der Waals surface area contributed by atoms with Crippen LogP contribution >= 0.6 is 0 Å². The summed E-state index contributed by atoms with van der Waals surface area (Å²) in [7, 11) is 0. The van der Waals surface area contributed by atoms with E-state index in [1.807, 2.05) is 103 Å².